The maximum Gasteiger partial charge on any atom is 0.433 e. The van der Waals surface area contributed by atoms with Crippen LogP contribution in [-0.4, -0.2) is 26.3 Å². The van der Waals surface area contributed by atoms with Crippen molar-refractivity contribution in [3.8, 4) is 22.4 Å². The van der Waals surface area contributed by atoms with E-state index in [1.54, 1.807) is 32.2 Å². The number of benzene rings is 1. The van der Waals surface area contributed by atoms with Crippen molar-refractivity contribution in [2.24, 2.45) is 7.05 Å². The highest BCUT2D eigenvalue weighted by Crippen LogP contribution is 2.32. The summed E-state index contributed by atoms with van der Waals surface area (Å²) in [6.45, 7) is 2.95. The van der Waals surface area contributed by atoms with Crippen molar-refractivity contribution >= 4 is 23.3 Å². The van der Waals surface area contributed by atoms with Crippen LogP contribution in [0.5, 0.6) is 0 Å². The number of nitrogens with zero attached hydrogens (tertiary/aromatic N) is 3. The maximum atomic E-state index is 14.8. The van der Waals surface area contributed by atoms with Crippen LogP contribution in [0, 0.1) is 12.7 Å². The number of carbonyl (C=O) groups excluding carboxylic acids is 2. The van der Waals surface area contributed by atoms with E-state index in [4.69, 9.17) is 0 Å². The lowest BCUT2D eigenvalue weighted by Gasteiger charge is -2.15. The standard InChI is InChI=1S/C27H21F4N5O3/c1-14-8-20(28)21(35-26(39)17-5-6-32-23(10-17)27(29,30)31)13-19(14)18-9-22(36(3)25(38)12-18)16-4-7-33-24(11-16)34-15(2)37/h4-13H,1-3H3,(H,35,39)(H,33,34,37). The molecular formula is C27H21F4N5O3. The van der Waals surface area contributed by atoms with Crippen molar-refractivity contribution in [2.45, 2.75) is 20.0 Å². The number of pyridine rings is 3. The van der Waals surface area contributed by atoms with Crippen LogP contribution in [0.4, 0.5) is 29.1 Å². The van der Waals surface area contributed by atoms with Gasteiger partial charge in [0.25, 0.3) is 11.5 Å². The van der Waals surface area contributed by atoms with Gasteiger partial charge in [0, 0.05) is 43.6 Å². The van der Waals surface area contributed by atoms with Crippen LogP contribution >= 0.6 is 0 Å². The number of rotatable bonds is 5. The van der Waals surface area contributed by atoms with Gasteiger partial charge in [-0.25, -0.2) is 9.37 Å². The summed E-state index contributed by atoms with van der Waals surface area (Å²) < 4.78 is 55.2. The Balaban J connectivity index is 1.74. The van der Waals surface area contributed by atoms with E-state index in [0.717, 1.165) is 18.3 Å². The van der Waals surface area contributed by atoms with Crippen molar-refractivity contribution < 1.29 is 27.2 Å². The van der Waals surface area contributed by atoms with Gasteiger partial charge in [-0.15, -0.1) is 0 Å². The average Bonchev–Trinajstić information content (AvgIpc) is 2.86. The van der Waals surface area contributed by atoms with Gasteiger partial charge in [-0.05, 0) is 66.1 Å². The highest BCUT2D eigenvalue weighted by atomic mass is 19.4. The van der Waals surface area contributed by atoms with Crippen molar-refractivity contribution in [1.29, 1.82) is 0 Å². The Morgan fingerprint density at radius 3 is 2.33 bits per heavy atom. The molecule has 12 heteroatoms. The van der Waals surface area contributed by atoms with Gasteiger partial charge in [-0.1, -0.05) is 0 Å². The molecule has 200 valence electrons. The zero-order valence-corrected chi connectivity index (χ0v) is 20.9. The van der Waals surface area contributed by atoms with Crippen LogP contribution in [0.15, 0.2) is 65.7 Å². The molecule has 3 aromatic heterocycles. The number of anilines is 2. The van der Waals surface area contributed by atoms with Crippen LogP contribution in [0.3, 0.4) is 0 Å². The summed E-state index contributed by atoms with van der Waals surface area (Å²) in [4.78, 5) is 44.2. The number of hydrogen-bond donors (Lipinski definition) is 2. The predicted octanol–water partition coefficient (Wildman–Crippen LogP) is 5.19. The van der Waals surface area contributed by atoms with E-state index in [2.05, 4.69) is 20.6 Å². The minimum absolute atomic E-state index is 0.283. The summed E-state index contributed by atoms with van der Waals surface area (Å²) in [6.07, 6.45) is -2.45. The van der Waals surface area contributed by atoms with Gasteiger partial charge in [-0.2, -0.15) is 13.2 Å². The monoisotopic (exact) mass is 539 g/mol. The molecule has 0 saturated heterocycles. The maximum absolute atomic E-state index is 14.8. The Labute approximate surface area is 219 Å². The van der Waals surface area contributed by atoms with Crippen molar-refractivity contribution in [1.82, 2.24) is 14.5 Å². The minimum Gasteiger partial charge on any atom is -0.319 e. The molecular weight excluding hydrogens is 518 g/mol. The normalized spacial score (nSPS) is 11.3. The summed E-state index contributed by atoms with van der Waals surface area (Å²) in [7, 11) is 1.56. The fourth-order valence-electron chi connectivity index (χ4n) is 3.91. The highest BCUT2D eigenvalue weighted by Gasteiger charge is 2.33. The fourth-order valence-corrected chi connectivity index (χ4v) is 3.91. The molecule has 4 aromatic rings. The van der Waals surface area contributed by atoms with Gasteiger partial charge in [0.2, 0.25) is 5.91 Å². The van der Waals surface area contributed by atoms with Crippen LogP contribution in [0.25, 0.3) is 22.4 Å². The van der Waals surface area contributed by atoms with Crippen LogP contribution in [0.1, 0.15) is 28.5 Å². The number of nitrogens with one attached hydrogen (secondary N) is 2. The van der Waals surface area contributed by atoms with E-state index in [0.29, 0.717) is 34.0 Å². The zero-order chi connectivity index (χ0) is 28.5. The quantitative estimate of drug-likeness (QED) is 0.340. The second kappa shape index (κ2) is 10.5. The van der Waals surface area contributed by atoms with Gasteiger partial charge >= 0.3 is 6.18 Å². The minimum atomic E-state index is -4.76. The molecule has 0 aliphatic heterocycles. The lowest BCUT2D eigenvalue weighted by Crippen LogP contribution is -2.18. The first-order chi connectivity index (χ1) is 18.3. The smallest absolute Gasteiger partial charge is 0.319 e. The number of hydrogen-bond acceptors (Lipinski definition) is 5. The van der Waals surface area contributed by atoms with Gasteiger partial charge in [-0.3, -0.25) is 19.4 Å². The molecule has 1 aromatic carbocycles. The Morgan fingerprint density at radius 1 is 0.923 bits per heavy atom. The third kappa shape index (κ3) is 6.00. The molecule has 0 aliphatic rings. The summed E-state index contributed by atoms with van der Waals surface area (Å²) in [5.74, 6) is -1.82. The summed E-state index contributed by atoms with van der Waals surface area (Å²) in [5.41, 5.74) is 0.0135. The summed E-state index contributed by atoms with van der Waals surface area (Å²) in [5, 5.41) is 4.88. The van der Waals surface area contributed by atoms with E-state index < -0.39 is 23.6 Å². The Kier molecular flexibility index (Phi) is 7.30. The third-order valence-corrected chi connectivity index (χ3v) is 5.81. The molecule has 2 amide bonds. The number of aryl methyl sites for hydroxylation is 1. The zero-order valence-electron chi connectivity index (χ0n) is 20.9. The number of alkyl halides is 3. The molecule has 0 radical (unpaired) electrons. The summed E-state index contributed by atoms with van der Waals surface area (Å²) >= 11 is 0. The first-order valence-electron chi connectivity index (χ1n) is 11.4. The molecule has 0 unspecified atom stereocenters. The van der Waals surface area contributed by atoms with Crippen LogP contribution in [0.2, 0.25) is 0 Å². The van der Waals surface area contributed by atoms with Crippen molar-refractivity contribution in [3.05, 3.63) is 93.9 Å². The van der Waals surface area contributed by atoms with E-state index in [9.17, 15) is 31.9 Å². The van der Waals surface area contributed by atoms with E-state index in [1.165, 1.54) is 29.8 Å². The van der Waals surface area contributed by atoms with Crippen molar-refractivity contribution in [3.63, 3.8) is 0 Å². The first-order valence-corrected chi connectivity index (χ1v) is 11.4. The fraction of sp³-hybridized carbons (Fsp3) is 0.148. The highest BCUT2D eigenvalue weighted by molar-refractivity contribution is 6.04. The molecule has 0 atom stereocenters. The number of amides is 2. The molecule has 8 nitrogen and oxygen atoms in total. The first kappa shape index (κ1) is 27.2. The number of halogens is 4. The van der Waals surface area contributed by atoms with Crippen molar-refractivity contribution in [2.75, 3.05) is 10.6 Å². The van der Waals surface area contributed by atoms with E-state index >= 15 is 0 Å². The largest absolute Gasteiger partial charge is 0.433 e. The number of carbonyl (C=O) groups is 2. The third-order valence-electron chi connectivity index (χ3n) is 5.81. The molecule has 0 fully saturated rings. The Bertz CT molecular complexity index is 1660. The second-order valence-corrected chi connectivity index (χ2v) is 8.67. The molecule has 0 saturated carbocycles. The van der Waals surface area contributed by atoms with E-state index in [-0.39, 0.29) is 28.5 Å². The van der Waals surface area contributed by atoms with E-state index in [1.807, 2.05) is 0 Å². The van der Waals surface area contributed by atoms with Gasteiger partial charge in [0.05, 0.1) is 11.4 Å². The topological polar surface area (TPSA) is 106 Å². The van der Waals surface area contributed by atoms with Gasteiger partial charge in [0.15, 0.2) is 0 Å². The predicted molar refractivity (Wildman–Crippen MR) is 137 cm³/mol. The number of aromatic nitrogens is 3. The van der Waals surface area contributed by atoms with Gasteiger partial charge < -0.3 is 15.2 Å². The Morgan fingerprint density at radius 2 is 1.64 bits per heavy atom. The van der Waals surface area contributed by atoms with Gasteiger partial charge in [0.1, 0.15) is 17.3 Å². The SMILES string of the molecule is CC(=O)Nc1cc(-c2cc(-c3cc(NC(=O)c4ccnc(C(F)(F)F)c4)c(F)cc3C)cc(=O)n2C)ccn1. The molecule has 4 rings (SSSR count). The lowest BCUT2D eigenvalue weighted by atomic mass is 9.98. The molecule has 0 spiro atoms. The molecule has 0 aliphatic carbocycles. The van der Waals surface area contributed by atoms with Crippen LogP contribution < -0.4 is 16.2 Å². The molecule has 2 N–H and O–H groups in total. The van der Waals surface area contributed by atoms with Crippen LogP contribution in [-0.2, 0) is 18.0 Å². The average molecular weight is 539 g/mol. The lowest BCUT2D eigenvalue weighted by molar-refractivity contribution is -0.141. The second-order valence-electron chi connectivity index (χ2n) is 8.67. The molecule has 0 bridgehead atoms. The Hall–Kier alpha value is -4.87. The summed E-state index contributed by atoms with van der Waals surface area (Å²) in [6, 6.07) is 10.4. The molecule has 39 heavy (non-hydrogen) atoms. The molecule has 3 heterocycles.